The Bertz CT molecular complexity index is 1150. The molecule has 2 aromatic carbocycles. The van der Waals surface area contributed by atoms with E-state index in [2.05, 4.69) is 0 Å². The summed E-state index contributed by atoms with van der Waals surface area (Å²) in [5.41, 5.74) is 0.824. The number of hydrogen-bond acceptors (Lipinski definition) is 8. The topological polar surface area (TPSA) is 123 Å². The van der Waals surface area contributed by atoms with E-state index in [4.69, 9.17) is 14.2 Å². The standard InChI is InChI=1S/C29H33N3O8/c1-29(2,3)40-28(37)30(12-16-38-18-14-31-24(33)20-8-4-5-9-21(20)25(31)34)13-17-39-19-15-32-26(35)22-10-6-7-11-23(22)27(32)36/h4-11H,12-19H2,1-3H3. The second-order valence-electron chi connectivity index (χ2n) is 10.3. The lowest BCUT2D eigenvalue weighted by Crippen LogP contribution is -2.41. The third kappa shape index (κ3) is 6.54. The minimum Gasteiger partial charge on any atom is -0.444 e. The molecule has 0 atom stereocenters. The van der Waals surface area contributed by atoms with Crippen molar-refractivity contribution in [3.05, 3.63) is 70.8 Å². The van der Waals surface area contributed by atoms with Crippen LogP contribution >= 0.6 is 0 Å². The number of carbonyl (C=O) groups excluding carboxylic acids is 5. The van der Waals surface area contributed by atoms with Crippen molar-refractivity contribution in [2.45, 2.75) is 26.4 Å². The molecule has 0 fully saturated rings. The number of fused-ring (bicyclic) bond motifs is 2. The molecule has 4 rings (SSSR count). The Hall–Kier alpha value is -4.09. The summed E-state index contributed by atoms with van der Waals surface area (Å²) < 4.78 is 16.8. The van der Waals surface area contributed by atoms with Crippen molar-refractivity contribution in [1.29, 1.82) is 0 Å². The van der Waals surface area contributed by atoms with Crippen LogP contribution in [0.2, 0.25) is 0 Å². The molecule has 11 nitrogen and oxygen atoms in total. The van der Waals surface area contributed by atoms with E-state index in [1.165, 1.54) is 4.90 Å². The van der Waals surface area contributed by atoms with Gasteiger partial charge < -0.3 is 19.1 Å². The van der Waals surface area contributed by atoms with Gasteiger partial charge in [-0.05, 0) is 45.0 Å². The second-order valence-corrected chi connectivity index (χ2v) is 10.3. The number of nitrogens with zero attached hydrogens (tertiary/aromatic N) is 3. The lowest BCUT2D eigenvalue weighted by molar-refractivity contribution is 0.00849. The smallest absolute Gasteiger partial charge is 0.410 e. The number of rotatable bonds is 12. The maximum absolute atomic E-state index is 12.7. The van der Waals surface area contributed by atoms with Gasteiger partial charge in [-0.3, -0.25) is 29.0 Å². The van der Waals surface area contributed by atoms with Crippen LogP contribution in [0.25, 0.3) is 0 Å². The summed E-state index contributed by atoms with van der Waals surface area (Å²) in [6, 6.07) is 13.3. The highest BCUT2D eigenvalue weighted by atomic mass is 16.6. The van der Waals surface area contributed by atoms with E-state index in [-0.39, 0.29) is 76.2 Å². The number of hydrogen-bond donors (Lipinski definition) is 0. The van der Waals surface area contributed by atoms with Crippen LogP contribution in [0.3, 0.4) is 0 Å². The summed E-state index contributed by atoms with van der Waals surface area (Å²) in [5, 5.41) is 0. The first kappa shape index (κ1) is 28.9. The van der Waals surface area contributed by atoms with Crippen LogP contribution in [0.4, 0.5) is 4.79 Å². The summed E-state index contributed by atoms with van der Waals surface area (Å²) in [5.74, 6) is -1.40. The van der Waals surface area contributed by atoms with Gasteiger partial charge in [-0.15, -0.1) is 0 Å². The molecule has 2 aliphatic rings. The van der Waals surface area contributed by atoms with Gasteiger partial charge in [-0.25, -0.2) is 4.79 Å². The largest absolute Gasteiger partial charge is 0.444 e. The van der Waals surface area contributed by atoms with Crippen molar-refractivity contribution >= 4 is 29.7 Å². The molecule has 0 saturated carbocycles. The third-order valence-electron chi connectivity index (χ3n) is 6.34. The van der Waals surface area contributed by atoms with E-state index < -0.39 is 11.7 Å². The second kappa shape index (κ2) is 12.4. The van der Waals surface area contributed by atoms with E-state index >= 15 is 0 Å². The molecule has 40 heavy (non-hydrogen) atoms. The quantitative estimate of drug-likeness (QED) is 0.292. The van der Waals surface area contributed by atoms with E-state index in [0.29, 0.717) is 22.3 Å². The van der Waals surface area contributed by atoms with Gasteiger partial charge in [-0.2, -0.15) is 0 Å². The Morgan fingerprint density at radius 1 is 0.650 bits per heavy atom. The summed E-state index contributed by atoms with van der Waals surface area (Å²) in [7, 11) is 0. The molecule has 0 radical (unpaired) electrons. The molecule has 212 valence electrons. The average Bonchev–Trinajstić information content (AvgIpc) is 3.31. The fourth-order valence-electron chi connectivity index (χ4n) is 4.37. The zero-order valence-electron chi connectivity index (χ0n) is 22.9. The maximum atomic E-state index is 12.7. The summed E-state index contributed by atoms with van der Waals surface area (Å²) >= 11 is 0. The van der Waals surface area contributed by atoms with Gasteiger partial charge in [0.1, 0.15) is 5.60 Å². The number of carbonyl (C=O) groups is 5. The van der Waals surface area contributed by atoms with Crippen LogP contribution in [0.1, 0.15) is 62.2 Å². The van der Waals surface area contributed by atoms with Gasteiger partial charge in [0.2, 0.25) is 0 Å². The molecular formula is C29H33N3O8. The van der Waals surface area contributed by atoms with Crippen molar-refractivity contribution in [3.8, 4) is 0 Å². The average molecular weight is 552 g/mol. The molecule has 2 heterocycles. The van der Waals surface area contributed by atoms with Crippen LogP contribution < -0.4 is 0 Å². The minimum atomic E-state index is -0.700. The Labute approximate surface area is 232 Å². The van der Waals surface area contributed by atoms with Crippen LogP contribution in [-0.4, -0.2) is 103 Å². The predicted octanol–water partition coefficient (Wildman–Crippen LogP) is 2.85. The third-order valence-corrected chi connectivity index (χ3v) is 6.34. The lowest BCUT2D eigenvalue weighted by Gasteiger charge is -2.27. The van der Waals surface area contributed by atoms with Crippen molar-refractivity contribution in [3.63, 3.8) is 0 Å². The van der Waals surface area contributed by atoms with Crippen molar-refractivity contribution in [1.82, 2.24) is 14.7 Å². The SMILES string of the molecule is CC(C)(C)OC(=O)N(CCOCCN1C(=O)c2ccccc2C1=O)CCOCCN1C(=O)c2ccccc2C1=O. The van der Waals surface area contributed by atoms with Gasteiger partial charge in [0.25, 0.3) is 23.6 Å². The molecule has 0 N–H and O–H groups in total. The summed E-state index contributed by atoms with van der Waals surface area (Å²) in [6.45, 7) is 6.40. The zero-order valence-corrected chi connectivity index (χ0v) is 22.9. The summed E-state index contributed by atoms with van der Waals surface area (Å²) in [4.78, 5) is 66.4. The van der Waals surface area contributed by atoms with Crippen LogP contribution in [0, 0.1) is 0 Å². The molecule has 0 aromatic heterocycles. The fourth-order valence-corrected chi connectivity index (χ4v) is 4.37. The highest BCUT2D eigenvalue weighted by molar-refractivity contribution is 6.22. The zero-order chi connectivity index (χ0) is 28.9. The van der Waals surface area contributed by atoms with Gasteiger partial charge in [0.15, 0.2) is 0 Å². The van der Waals surface area contributed by atoms with E-state index in [1.807, 2.05) is 0 Å². The molecule has 0 bridgehead atoms. The Balaban J connectivity index is 1.20. The van der Waals surface area contributed by atoms with Gasteiger partial charge in [0, 0.05) is 13.1 Å². The Morgan fingerprint density at radius 3 is 1.32 bits per heavy atom. The van der Waals surface area contributed by atoms with Gasteiger partial charge in [0.05, 0.1) is 61.8 Å². The molecule has 2 aromatic rings. The maximum Gasteiger partial charge on any atom is 0.410 e. The number of amides is 5. The first-order valence-electron chi connectivity index (χ1n) is 13.1. The molecular weight excluding hydrogens is 518 g/mol. The molecule has 2 aliphatic heterocycles. The molecule has 0 aliphatic carbocycles. The summed E-state index contributed by atoms with van der Waals surface area (Å²) in [6.07, 6.45) is -0.541. The molecule has 0 saturated heterocycles. The van der Waals surface area contributed by atoms with Crippen LogP contribution in [-0.2, 0) is 14.2 Å². The highest BCUT2D eigenvalue weighted by Gasteiger charge is 2.35. The van der Waals surface area contributed by atoms with E-state index in [9.17, 15) is 24.0 Å². The molecule has 11 heteroatoms. The lowest BCUT2D eigenvalue weighted by atomic mass is 10.1. The number of imide groups is 2. The number of ether oxygens (including phenoxy) is 3. The van der Waals surface area contributed by atoms with Gasteiger partial charge >= 0.3 is 6.09 Å². The Morgan fingerprint density at radius 2 is 1.00 bits per heavy atom. The number of benzene rings is 2. The minimum absolute atomic E-state index is 0.0969. The first-order valence-corrected chi connectivity index (χ1v) is 13.1. The predicted molar refractivity (Wildman–Crippen MR) is 143 cm³/mol. The molecule has 5 amide bonds. The van der Waals surface area contributed by atoms with Crippen molar-refractivity contribution < 1.29 is 38.2 Å². The van der Waals surface area contributed by atoms with Crippen LogP contribution in [0.5, 0.6) is 0 Å². The first-order chi connectivity index (χ1) is 19.1. The fraction of sp³-hybridized carbons (Fsp3) is 0.414. The van der Waals surface area contributed by atoms with Crippen molar-refractivity contribution in [2.75, 3.05) is 52.6 Å². The molecule has 0 unspecified atom stereocenters. The van der Waals surface area contributed by atoms with E-state index in [1.54, 1.807) is 69.3 Å². The Kier molecular flexibility index (Phi) is 8.96. The molecule has 0 spiro atoms. The normalized spacial score (nSPS) is 14.6. The van der Waals surface area contributed by atoms with E-state index in [0.717, 1.165) is 9.80 Å². The monoisotopic (exact) mass is 551 g/mol. The van der Waals surface area contributed by atoms with Gasteiger partial charge in [-0.1, -0.05) is 24.3 Å². The van der Waals surface area contributed by atoms with Crippen LogP contribution in [0.15, 0.2) is 48.5 Å². The van der Waals surface area contributed by atoms with Crippen molar-refractivity contribution in [2.24, 2.45) is 0 Å². The highest BCUT2D eigenvalue weighted by Crippen LogP contribution is 2.23.